The van der Waals surface area contributed by atoms with Gasteiger partial charge in [0.2, 0.25) is 0 Å². The van der Waals surface area contributed by atoms with E-state index in [1.54, 1.807) is 19.2 Å². The first-order chi connectivity index (χ1) is 7.13. The Balaban J connectivity index is 2.60. The molecule has 0 unspecified atom stereocenters. The summed E-state index contributed by atoms with van der Waals surface area (Å²) in [7, 11) is 1.61. The summed E-state index contributed by atoms with van der Waals surface area (Å²) in [6.45, 7) is 6.08. The molecule has 0 amide bonds. The molecule has 0 radical (unpaired) electrons. The molecule has 0 aromatic heterocycles. The zero-order chi connectivity index (χ0) is 11.3. The van der Waals surface area contributed by atoms with Crippen LogP contribution < -0.4 is 10.1 Å². The van der Waals surface area contributed by atoms with E-state index in [-0.39, 0.29) is 5.75 Å². The van der Waals surface area contributed by atoms with E-state index in [9.17, 15) is 5.11 Å². The molecular weight excluding hydrogens is 190 g/mol. The van der Waals surface area contributed by atoms with Gasteiger partial charge in [0.05, 0.1) is 7.11 Å². The summed E-state index contributed by atoms with van der Waals surface area (Å²) in [5, 5.41) is 12.6. The smallest absolute Gasteiger partial charge is 0.127 e. The van der Waals surface area contributed by atoms with Gasteiger partial charge in [0.15, 0.2) is 0 Å². The lowest BCUT2D eigenvalue weighted by molar-refractivity contribution is 0.400. The number of hydrogen-bond donors (Lipinski definition) is 2. The number of benzene rings is 1. The molecule has 3 nitrogen and oxygen atoms in total. The minimum absolute atomic E-state index is 0.236. The van der Waals surface area contributed by atoms with Crippen LogP contribution in [0.15, 0.2) is 18.2 Å². The van der Waals surface area contributed by atoms with Crippen LogP contribution >= 0.6 is 0 Å². The first-order valence-electron chi connectivity index (χ1n) is 5.20. The number of rotatable bonds is 5. The third-order valence-electron chi connectivity index (χ3n) is 2.14. The maximum absolute atomic E-state index is 9.28. The Morgan fingerprint density at radius 2 is 2.13 bits per heavy atom. The molecule has 0 saturated carbocycles. The summed E-state index contributed by atoms with van der Waals surface area (Å²) in [5.74, 6) is 1.60. The van der Waals surface area contributed by atoms with Gasteiger partial charge in [-0.3, -0.25) is 0 Å². The SMILES string of the molecule is COc1cc(O)ccc1CNCC(C)C. The summed E-state index contributed by atoms with van der Waals surface area (Å²) in [6, 6.07) is 5.18. The maximum Gasteiger partial charge on any atom is 0.127 e. The van der Waals surface area contributed by atoms with E-state index < -0.39 is 0 Å². The van der Waals surface area contributed by atoms with Gasteiger partial charge >= 0.3 is 0 Å². The van der Waals surface area contributed by atoms with Crippen molar-refractivity contribution in [1.82, 2.24) is 5.32 Å². The molecule has 1 aromatic carbocycles. The zero-order valence-corrected chi connectivity index (χ0v) is 9.58. The van der Waals surface area contributed by atoms with Crippen molar-refractivity contribution in [3.05, 3.63) is 23.8 Å². The van der Waals surface area contributed by atoms with Crippen molar-refractivity contribution in [3.8, 4) is 11.5 Å². The Hall–Kier alpha value is -1.22. The van der Waals surface area contributed by atoms with E-state index >= 15 is 0 Å². The van der Waals surface area contributed by atoms with Crippen molar-refractivity contribution in [2.24, 2.45) is 5.92 Å². The average Bonchev–Trinajstić information content (AvgIpc) is 2.19. The minimum atomic E-state index is 0.236. The lowest BCUT2D eigenvalue weighted by Gasteiger charge is -2.11. The lowest BCUT2D eigenvalue weighted by atomic mass is 10.1. The highest BCUT2D eigenvalue weighted by atomic mass is 16.5. The summed E-state index contributed by atoms with van der Waals surface area (Å²) in [4.78, 5) is 0. The second kappa shape index (κ2) is 5.61. The predicted molar refractivity (Wildman–Crippen MR) is 61.2 cm³/mol. The molecular formula is C12H19NO2. The molecule has 0 aliphatic carbocycles. The Morgan fingerprint density at radius 1 is 1.40 bits per heavy atom. The maximum atomic E-state index is 9.28. The van der Waals surface area contributed by atoms with Crippen molar-refractivity contribution in [3.63, 3.8) is 0 Å². The van der Waals surface area contributed by atoms with Gasteiger partial charge in [0.1, 0.15) is 11.5 Å². The molecule has 3 heteroatoms. The van der Waals surface area contributed by atoms with Gasteiger partial charge in [0, 0.05) is 18.2 Å². The normalized spacial score (nSPS) is 10.7. The molecule has 0 fully saturated rings. The number of aromatic hydroxyl groups is 1. The van der Waals surface area contributed by atoms with Crippen LogP contribution in [-0.4, -0.2) is 18.8 Å². The molecule has 0 spiro atoms. The largest absolute Gasteiger partial charge is 0.508 e. The number of phenols is 1. The van der Waals surface area contributed by atoms with Crippen LogP contribution in [0.2, 0.25) is 0 Å². The van der Waals surface area contributed by atoms with Gasteiger partial charge < -0.3 is 15.2 Å². The molecule has 0 atom stereocenters. The van der Waals surface area contributed by atoms with Gasteiger partial charge in [-0.25, -0.2) is 0 Å². The predicted octanol–water partition coefficient (Wildman–Crippen LogP) is 2.15. The van der Waals surface area contributed by atoms with E-state index in [1.807, 2.05) is 6.07 Å². The topological polar surface area (TPSA) is 41.5 Å². The summed E-state index contributed by atoms with van der Waals surface area (Å²) < 4.78 is 5.18. The molecule has 1 aromatic rings. The van der Waals surface area contributed by atoms with Crippen LogP contribution in [0.5, 0.6) is 11.5 Å². The van der Waals surface area contributed by atoms with Gasteiger partial charge in [-0.2, -0.15) is 0 Å². The Labute approximate surface area is 91.1 Å². The second-order valence-corrected chi connectivity index (χ2v) is 4.02. The quantitative estimate of drug-likeness (QED) is 0.780. The molecule has 15 heavy (non-hydrogen) atoms. The van der Waals surface area contributed by atoms with Crippen LogP contribution in [0, 0.1) is 5.92 Å². The summed E-state index contributed by atoms with van der Waals surface area (Å²) >= 11 is 0. The van der Waals surface area contributed by atoms with Gasteiger partial charge in [-0.05, 0) is 18.5 Å². The van der Waals surface area contributed by atoms with Gasteiger partial charge in [0.25, 0.3) is 0 Å². The third-order valence-corrected chi connectivity index (χ3v) is 2.14. The van der Waals surface area contributed by atoms with Crippen LogP contribution in [0.25, 0.3) is 0 Å². The van der Waals surface area contributed by atoms with Crippen LogP contribution in [0.4, 0.5) is 0 Å². The summed E-state index contributed by atoms with van der Waals surface area (Å²) in [5.41, 5.74) is 1.07. The fourth-order valence-electron chi connectivity index (χ4n) is 1.37. The van der Waals surface area contributed by atoms with Crippen molar-refractivity contribution in [1.29, 1.82) is 0 Å². The number of ether oxygens (including phenoxy) is 1. The van der Waals surface area contributed by atoms with Crippen molar-refractivity contribution < 1.29 is 9.84 Å². The number of phenolic OH excluding ortho intramolecular Hbond substituents is 1. The lowest BCUT2D eigenvalue weighted by Crippen LogP contribution is -2.19. The first-order valence-corrected chi connectivity index (χ1v) is 5.20. The van der Waals surface area contributed by atoms with Crippen molar-refractivity contribution in [2.75, 3.05) is 13.7 Å². The van der Waals surface area contributed by atoms with Crippen LogP contribution in [0.1, 0.15) is 19.4 Å². The molecule has 2 N–H and O–H groups in total. The molecule has 0 bridgehead atoms. The van der Waals surface area contributed by atoms with Crippen LogP contribution in [-0.2, 0) is 6.54 Å². The molecule has 0 saturated heterocycles. The number of hydrogen-bond acceptors (Lipinski definition) is 3. The molecule has 1 rings (SSSR count). The Morgan fingerprint density at radius 3 is 2.73 bits per heavy atom. The Bertz CT molecular complexity index is 310. The number of nitrogens with one attached hydrogen (secondary N) is 1. The second-order valence-electron chi connectivity index (χ2n) is 4.02. The first kappa shape index (κ1) is 11.9. The molecule has 0 aliphatic rings. The number of methoxy groups -OCH3 is 1. The monoisotopic (exact) mass is 209 g/mol. The van der Waals surface area contributed by atoms with Crippen molar-refractivity contribution >= 4 is 0 Å². The highest BCUT2D eigenvalue weighted by Crippen LogP contribution is 2.23. The van der Waals surface area contributed by atoms with Crippen molar-refractivity contribution in [2.45, 2.75) is 20.4 Å². The molecule has 84 valence electrons. The van der Waals surface area contributed by atoms with E-state index in [1.165, 1.54) is 0 Å². The minimum Gasteiger partial charge on any atom is -0.508 e. The standard InChI is InChI=1S/C12H19NO2/c1-9(2)7-13-8-10-4-5-11(14)6-12(10)15-3/h4-6,9,13-14H,7-8H2,1-3H3. The van der Waals surface area contributed by atoms with Crippen LogP contribution in [0.3, 0.4) is 0 Å². The fourth-order valence-corrected chi connectivity index (χ4v) is 1.37. The van der Waals surface area contributed by atoms with E-state index in [2.05, 4.69) is 19.2 Å². The average molecular weight is 209 g/mol. The fraction of sp³-hybridized carbons (Fsp3) is 0.500. The Kier molecular flexibility index (Phi) is 4.43. The van der Waals surface area contributed by atoms with E-state index in [0.29, 0.717) is 5.92 Å². The highest BCUT2D eigenvalue weighted by molar-refractivity contribution is 5.39. The zero-order valence-electron chi connectivity index (χ0n) is 9.58. The molecule has 0 heterocycles. The molecule has 0 aliphatic heterocycles. The highest BCUT2D eigenvalue weighted by Gasteiger charge is 2.03. The summed E-state index contributed by atoms with van der Waals surface area (Å²) in [6.07, 6.45) is 0. The van der Waals surface area contributed by atoms with E-state index in [0.717, 1.165) is 24.4 Å². The third kappa shape index (κ3) is 3.80. The van der Waals surface area contributed by atoms with Gasteiger partial charge in [-0.15, -0.1) is 0 Å². The van der Waals surface area contributed by atoms with Gasteiger partial charge in [-0.1, -0.05) is 19.9 Å². The van der Waals surface area contributed by atoms with E-state index in [4.69, 9.17) is 4.74 Å².